The van der Waals surface area contributed by atoms with Crippen LogP contribution in [0.3, 0.4) is 0 Å². The van der Waals surface area contributed by atoms with Crippen LogP contribution in [-0.4, -0.2) is 5.11 Å². The summed E-state index contributed by atoms with van der Waals surface area (Å²) < 4.78 is 10.1. The van der Waals surface area contributed by atoms with E-state index in [2.05, 4.69) is 0 Å². The summed E-state index contributed by atoms with van der Waals surface area (Å²) in [6.07, 6.45) is 5.69. The van der Waals surface area contributed by atoms with Crippen molar-refractivity contribution in [3.05, 3.63) is 54.4 Å². The lowest BCUT2D eigenvalue weighted by Gasteiger charge is -1.98. The average molecular weight is 190 g/mol. The molecule has 0 saturated heterocycles. The largest absolute Gasteiger partial charge is 0.466 e. The van der Waals surface area contributed by atoms with Crippen LogP contribution in [0.2, 0.25) is 0 Å². The Balaban J connectivity index is 2.05. The number of hydrogen-bond acceptors (Lipinski definition) is 3. The highest BCUT2D eigenvalue weighted by Gasteiger charge is 2.05. The summed E-state index contributed by atoms with van der Waals surface area (Å²) in [5.41, 5.74) is 0. The van der Waals surface area contributed by atoms with Crippen LogP contribution in [0.25, 0.3) is 6.08 Å². The Hall–Kier alpha value is -1.74. The lowest BCUT2D eigenvalue weighted by atomic mass is 10.2. The molecule has 0 aliphatic carbocycles. The van der Waals surface area contributed by atoms with Crippen molar-refractivity contribution in [3.8, 4) is 0 Å². The molecule has 2 aromatic heterocycles. The summed E-state index contributed by atoms with van der Waals surface area (Å²) in [5.74, 6) is 1.23. The van der Waals surface area contributed by atoms with Crippen molar-refractivity contribution in [1.82, 2.24) is 0 Å². The Bertz CT molecular complexity index is 384. The van der Waals surface area contributed by atoms with Gasteiger partial charge in [0, 0.05) is 0 Å². The van der Waals surface area contributed by atoms with Gasteiger partial charge < -0.3 is 13.9 Å². The van der Waals surface area contributed by atoms with Crippen molar-refractivity contribution in [2.45, 2.75) is 6.10 Å². The smallest absolute Gasteiger partial charge is 0.136 e. The van der Waals surface area contributed by atoms with E-state index in [1.165, 1.54) is 6.26 Å². The minimum absolute atomic E-state index is 0.521. The third kappa shape index (κ3) is 1.95. The van der Waals surface area contributed by atoms with Gasteiger partial charge in [-0.25, -0.2) is 0 Å². The maximum absolute atomic E-state index is 9.59. The molecule has 3 nitrogen and oxygen atoms in total. The molecular formula is C11H10O3. The Morgan fingerprint density at radius 2 is 1.93 bits per heavy atom. The quantitative estimate of drug-likeness (QED) is 0.809. The van der Waals surface area contributed by atoms with Gasteiger partial charge in [0.1, 0.15) is 17.6 Å². The SMILES string of the molecule is OC(/C=C/c1ccco1)c1ccco1. The Kier molecular flexibility index (Phi) is 2.51. The molecule has 0 aliphatic rings. The molecule has 2 heterocycles. The molecule has 2 rings (SSSR count). The highest BCUT2D eigenvalue weighted by molar-refractivity contribution is 5.43. The van der Waals surface area contributed by atoms with Crippen molar-refractivity contribution in [1.29, 1.82) is 0 Å². The number of furan rings is 2. The zero-order chi connectivity index (χ0) is 9.80. The zero-order valence-electron chi connectivity index (χ0n) is 7.46. The van der Waals surface area contributed by atoms with Crippen LogP contribution in [-0.2, 0) is 0 Å². The number of aliphatic hydroxyl groups excluding tert-OH is 1. The molecule has 3 heteroatoms. The maximum Gasteiger partial charge on any atom is 0.136 e. The van der Waals surface area contributed by atoms with E-state index in [1.807, 2.05) is 6.07 Å². The molecule has 0 aliphatic heterocycles. The van der Waals surface area contributed by atoms with E-state index in [-0.39, 0.29) is 0 Å². The van der Waals surface area contributed by atoms with E-state index in [0.717, 1.165) is 0 Å². The molecule has 0 saturated carbocycles. The van der Waals surface area contributed by atoms with Crippen LogP contribution in [0.4, 0.5) is 0 Å². The predicted octanol–water partition coefficient (Wildman–Crippen LogP) is 2.62. The third-order valence-corrected chi connectivity index (χ3v) is 1.82. The highest BCUT2D eigenvalue weighted by atomic mass is 16.4. The van der Waals surface area contributed by atoms with Crippen LogP contribution in [0, 0.1) is 0 Å². The van der Waals surface area contributed by atoms with Crippen molar-refractivity contribution in [2.75, 3.05) is 0 Å². The normalized spacial score (nSPS) is 13.5. The molecule has 1 atom stereocenters. The van der Waals surface area contributed by atoms with Crippen molar-refractivity contribution in [3.63, 3.8) is 0 Å². The molecule has 0 aromatic carbocycles. The van der Waals surface area contributed by atoms with Gasteiger partial charge in [-0.2, -0.15) is 0 Å². The van der Waals surface area contributed by atoms with Crippen LogP contribution >= 0.6 is 0 Å². The second-order valence-electron chi connectivity index (χ2n) is 2.83. The van der Waals surface area contributed by atoms with Gasteiger partial charge in [-0.05, 0) is 36.4 Å². The minimum Gasteiger partial charge on any atom is -0.466 e. The molecule has 1 unspecified atom stereocenters. The summed E-state index contributed by atoms with van der Waals surface area (Å²) in [4.78, 5) is 0. The number of rotatable bonds is 3. The lowest BCUT2D eigenvalue weighted by molar-refractivity contribution is 0.198. The first-order valence-electron chi connectivity index (χ1n) is 4.29. The first-order valence-corrected chi connectivity index (χ1v) is 4.29. The number of hydrogen-bond donors (Lipinski definition) is 1. The monoisotopic (exact) mass is 190 g/mol. The van der Waals surface area contributed by atoms with E-state index in [9.17, 15) is 5.11 Å². The van der Waals surface area contributed by atoms with Crippen LogP contribution in [0.15, 0.2) is 51.7 Å². The fourth-order valence-corrected chi connectivity index (χ4v) is 1.13. The topological polar surface area (TPSA) is 46.5 Å². The maximum atomic E-state index is 9.59. The molecule has 0 spiro atoms. The second kappa shape index (κ2) is 3.98. The molecule has 72 valence electrons. The van der Waals surface area contributed by atoms with E-state index in [1.54, 1.807) is 36.6 Å². The molecular weight excluding hydrogens is 180 g/mol. The summed E-state index contributed by atoms with van der Waals surface area (Å²) in [5, 5.41) is 9.59. The van der Waals surface area contributed by atoms with E-state index >= 15 is 0 Å². The van der Waals surface area contributed by atoms with Gasteiger partial charge in [0.15, 0.2) is 0 Å². The molecule has 1 N–H and O–H groups in total. The molecule has 14 heavy (non-hydrogen) atoms. The Labute approximate surface area is 81.3 Å². The Morgan fingerprint density at radius 3 is 2.57 bits per heavy atom. The van der Waals surface area contributed by atoms with Crippen molar-refractivity contribution in [2.24, 2.45) is 0 Å². The fourth-order valence-electron chi connectivity index (χ4n) is 1.13. The highest BCUT2D eigenvalue weighted by Crippen LogP contribution is 2.15. The standard InChI is InChI=1S/C11H10O3/c12-10(11-4-2-8-14-11)6-5-9-3-1-7-13-9/h1-8,10,12H/b6-5+. The van der Waals surface area contributed by atoms with Gasteiger partial charge in [-0.1, -0.05) is 0 Å². The minimum atomic E-state index is -0.727. The van der Waals surface area contributed by atoms with Gasteiger partial charge in [-0.15, -0.1) is 0 Å². The van der Waals surface area contributed by atoms with Crippen LogP contribution < -0.4 is 0 Å². The summed E-state index contributed by atoms with van der Waals surface area (Å²) in [6, 6.07) is 7.06. The van der Waals surface area contributed by atoms with Crippen LogP contribution in [0.5, 0.6) is 0 Å². The fraction of sp³-hybridized carbons (Fsp3) is 0.0909. The third-order valence-electron chi connectivity index (χ3n) is 1.82. The first kappa shape index (κ1) is 8.84. The molecule has 0 fully saturated rings. The molecule has 2 aromatic rings. The van der Waals surface area contributed by atoms with Crippen LogP contribution in [0.1, 0.15) is 17.6 Å². The van der Waals surface area contributed by atoms with Gasteiger partial charge in [-0.3, -0.25) is 0 Å². The number of aliphatic hydroxyl groups is 1. The predicted molar refractivity (Wildman–Crippen MR) is 51.4 cm³/mol. The molecule has 0 amide bonds. The van der Waals surface area contributed by atoms with Crippen molar-refractivity contribution >= 4 is 6.08 Å². The summed E-state index contributed by atoms with van der Waals surface area (Å²) >= 11 is 0. The van der Waals surface area contributed by atoms with Gasteiger partial charge in [0.2, 0.25) is 0 Å². The average Bonchev–Trinajstić information content (AvgIpc) is 2.87. The van der Waals surface area contributed by atoms with Gasteiger partial charge >= 0.3 is 0 Å². The van der Waals surface area contributed by atoms with E-state index in [4.69, 9.17) is 8.83 Å². The Morgan fingerprint density at radius 1 is 1.14 bits per heavy atom. The second-order valence-corrected chi connectivity index (χ2v) is 2.83. The van der Waals surface area contributed by atoms with E-state index < -0.39 is 6.10 Å². The molecule has 0 radical (unpaired) electrons. The first-order chi connectivity index (χ1) is 6.86. The lowest BCUT2D eigenvalue weighted by Crippen LogP contribution is -1.88. The summed E-state index contributed by atoms with van der Waals surface area (Å²) in [6.45, 7) is 0. The van der Waals surface area contributed by atoms with Gasteiger partial charge in [0.25, 0.3) is 0 Å². The van der Waals surface area contributed by atoms with E-state index in [0.29, 0.717) is 11.5 Å². The zero-order valence-corrected chi connectivity index (χ0v) is 7.46. The summed E-state index contributed by atoms with van der Waals surface area (Å²) in [7, 11) is 0. The van der Waals surface area contributed by atoms with Gasteiger partial charge in [0.05, 0.1) is 12.5 Å². The van der Waals surface area contributed by atoms with Crippen molar-refractivity contribution < 1.29 is 13.9 Å². The molecule has 0 bridgehead atoms.